The van der Waals surface area contributed by atoms with E-state index < -0.39 is 0 Å². The molecule has 0 spiro atoms. The Morgan fingerprint density at radius 2 is 2.18 bits per heavy atom. The Morgan fingerprint density at radius 3 is 2.76 bits per heavy atom. The van der Waals surface area contributed by atoms with Crippen molar-refractivity contribution in [3.63, 3.8) is 0 Å². The minimum absolute atomic E-state index is 0.296. The number of nitriles is 1. The van der Waals surface area contributed by atoms with Crippen molar-refractivity contribution in [2.24, 2.45) is 5.41 Å². The first-order valence-corrected chi connectivity index (χ1v) is 5.54. The summed E-state index contributed by atoms with van der Waals surface area (Å²) in [6.45, 7) is 4.25. The lowest BCUT2D eigenvalue weighted by Crippen LogP contribution is -2.10. The van der Waals surface area contributed by atoms with Crippen LogP contribution in [0.25, 0.3) is 0 Å². The van der Waals surface area contributed by atoms with Gasteiger partial charge in [-0.15, -0.1) is 0 Å². The van der Waals surface area contributed by atoms with Crippen LogP contribution in [0.3, 0.4) is 0 Å². The van der Waals surface area contributed by atoms with Gasteiger partial charge in [0.1, 0.15) is 11.6 Å². The van der Waals surface area contributed by atoms with Gasteiger partial charge in [0.2, 0.25) is 0 Å². The monoisotopic (exact) mass is 236 g/mol. The third-order valence-electron chi connectivity index (χ3n) is 2.48. The highest BCUT2D eigenvalue weighted by Crippen LogP contribution is 2.24. The van der Waals surface area contributed by atoms with Crippen LogP contribution < -0.4 is 10.5 Å². The lowest BCUT2D eigenvalue weighted by molar-refractivity contribution is 0.285. The maximum Gasteiger partial charge on any atom is 0.142 e. The number of hydrogen-bond acceptors (Lipinski definition) is 3. The van der Waals surface area contributed by atoms with Gasteiger partial charge in [0.05, 0.1) is 23.8 Å². The van der Waals surface area contributed by atoms with Gasteiger partial charge >= 0.3 is 0 Å². The molecule has 17 heavy (non-hydrogen) atoms. The fourth-order valence-corrected chi connectivity index (χ4v) is 1.40. The van der Waals surface area contributed by atoms with Gasteiger partial charge in [-0.05, 0) is 38.8 Å². The summed E-state index contributed by atoms with van der Waals surface area (Å²) in [5, 5.41) is 8.83. The molecular formula is C13H17FN2O. The second-order valence-corrected chi connectivity index (χ2v) is 4.63. The van der Waals surface area contributed by atoms with Crippen molar-refractivity contribution in [3.8, 4) is 11.8 Å². The normalized spacial score (nSPS) is 10.9. The average Bonchev–Trinajstić information content (AvgIpc) is 2.27. The molecule has 0 fully saturated rings. The molecule has 0 saturated heterocycles. The summed E-state index contributed by atoms with van der Waals surface area (Å²) in [5.41, 5.74) is 5.56. The predicted molar refractivity (Wildman–Crippen MR) is 64.9 cm³/mol. The molecule has 0 radical (unpaired) electrons. The van der Waals surface area contributed by atoms with E-state index in [0.717, 1.165) is 12.8 Å². The number of ether oxygens (including phenoxy) is 1. The van der Waals surface area contributed by atoms with Crippen LogP contribution in [0.4, 0.5) is 10.1 Å². The van der Waals surface area contributed by atoms with Crippen LogP contribution in [0.1, 0.15) is 26.7 Å². The molecule has 0 bridgehead atoms. The molecule has 1 aromatic rings. The van der Waals surface area contributed by atoms with E-state index in [-0.39, 0.29) is 11.2 Å². The molecule has 0 unspecified atom stereocenters. The van der Waals surface area contributed by atoms with E-state index in [9.17, 15) is 4.39 Å². The standard InChI is InChI=1S/C13H17FN2O/c1-13(2,9-15)6-3-7-17-12-5-4-10(14)8-11(12)16/h4-5,8H,3,6-7,16H2,1-2H3. The minimum Gasteiger partial charge on any atom is -0.491 e. The van der Waals surface area contributed by atoms with Crippen LogP contribution in [0.5, 0.6) is 5.75 Å². The molecule has 0 atom stereocenters. The number of nitrogens with two attached hydrogens (primary N) is 1. The topological polar surface area (TPSA) is 59.0 Å². The molecule has 1 rings (SSSR count). The van der Waals surface area contributed by atoms with Crippen molar-refractivity contribution in [1.29, 1.82) is 5.26 Å². The number of nitrogen functional groups attached to an aromatic ring is 1. The number of nitrogens with zero attached hydrogens (tertiary/aromatic N) is 1. The molecule has 3 nitrogen and oxygen atoms in total. The van der Waals surface area contributed by atoms with Gasteiger partial charge in [0.25, 0.3) is 0 Å². The lowest BCUT2D eigenvalue weighted by atomic mass is 9.90. The zero-order valence-electron chi connectivity index (χ0n) is 10.2. The van der Waals surface area contributed by atoms with Gasteiger partial charge in [0, 0.05) is 6.07 Å². The fraction of sp³-hybridized carbons (Fsp3) is 0.462. The Balaban J connectivity index is 2.39. The summed E-state index contributed by atoms with van der Waals surface area (Å²) >= 11 is 0. The molecule has 92 valence electrons. The molecule has 1 aromatic carbocycles. The number of benzene rings is 1. The lowest BCUT2D eigenvalue weighted by Gasteiger charge is -2.15. The van der Waals surface area contributed by atoms with Crippen LogP contribution >= 0.6 is 0 Å². The SMILES string of the molecule is CC(C)(C#N)CCCOc1ccc(F)cc1N. The number of halogens is 1. The predicted octanol–water partition coefficient (Wildman–Crippen LogP) is 3.12. The van der Waals surface area contributed by atoms with Crippen LogP contribution in [0.15, 0.2) is 18.2 Å². The summed E-state index contributed by atoms with van der Waals surface area (Å²) in [5.74, 6) is 0.113. The third kappa shape index (κ3) is 4.31. The molecule has 4 heteroatoms. The van der Waals surface area contributed by atoms with Gasteiger partial charge in [-0.1, -0.05) is 0 Å². The number of rotatable bonds is 5. The van der Waals surface area contributed by atoms with E-state index in [1.807, 2.05) is 13.8 Å². The summed E-state index contributed by atoms with van der Waals surface area (Å²) in [6, 6.07) is 6.28. The fourth-order valence-electron chi connectivity index (χ4n) is 1.40. The van der Waals surface area contributed by atoms with Gasteiger partial charge in [-0.2, -0.15) is 5.26 Å². The molecule has 0 aliphatic heterocycles. The highest BCUT2D eigenvalue weighted by Gasteiger charge is 2.15. The van der Waals surface area contributed by atoms with E-state index >= 15 is 0 Å². The summed E-state index contributed by atoms with van der Waals surface area (Å²) in [4.78, 5) is 0. The quantitative estimate of drug-likeness (QED) is 0.631. The second kappa shape index (κ2) is 5.53. The Kier molecular flexibility index (Phi) is 4.33. The van der Waals surface area contributed by atoms with Crippen molar-refractivity contribution >= 4 is 5.69 Å². The van der Waals surface area contributed by atoms with E-state index in [0.29, 0.717) is 18.0 Å². The van der Waals surface area contributed by atoms with Crippen LogP contribution in [-0.2, 0) is 0 Å². The van der Waals surface area contributed by atoms with Crippen molar-refractivity contribution in [1.82, 2.24) is 0 Å². The third-order valence-corrected chi connectivity index (χ3v) is 2.48. The highest BCUT2D eigenvalue weighted by atomic mass is 19.1. The van der Waals surface area contributed by atoms with Crippen molar-refractivity contribution in [2.45, 2.75) is 26.7 Å². The summed E-state index contributed by atoms with van der Waals surface area (Å²) < 4.78 is 18.2. The van der Waals surface area contributed by atoms with Gasteiger partial charge < -0.3 is 10.5 Å². The van der Waals surface area contributed by atoms with Crippen LogP contribution in [0.2, 0.25) is 0 Å². The Labute approximate surface area is 101 Å². The zero-order valence-corrected chi connectivity index (χ0v) is 10.2. The zero-order chi connectivity index (χ0) is 12.9. The van der Waals surface area contributed by atoms with Gasteiger partial charge in [0.15, 0.2) is 0 Å². The molecule has 0 amide bonds. The Morgan fingerprint density at radius 1 is 1.47 bits per heavy atom. The van der Waals surface area contributed by atoms with Crippen molar-refractivity contribution in [2.75, 3.05) is 12.3 Å². The smallest absolute Gasteiger partial charge is 0.142 e. The van der Waals surface area contributed by atoms with Crippen LogP contribution in [-0.4, -0.2) is 6.61 Å². The van der Waals surface area contributed by atoms with Crippen molar-refractivity contribution in [3.05, 3.63) is 24.0 Å². The van der Waals surface area contributed by atoms with Crippen molar-refractivity contribution < 1.29 is 9.13 Å². The largest absolute Gasteiger partial charge is 0.491 e. The molecule has 0 heterocycles. The van der Waals surface area contributed by atoms with E-state index in [4.69, 9.17) is 15.7 Å². The number of anilines is 1. The van der Waals surface area contributed by atoms with Crippen LogP contribution in [0, 0.1) is 22.6 Å². The van der Waals surface area contributed by atoms with Gasteiger partial charge in [-0.3, -0.25) is 0 Å². The molecular weight excluding hydrogens is 219 g/mol. The molecule has 0 aliphatic rings. The highest BCUT2D eigenvalue weighted by molar-refractivity contribution is 5.52. The molecule has 2 N–H and O–H groups in total. The first-order valence-electron chi connectivity index (χ1n) is 5.54. The molecule has 0 aliphatic carbocycles. The Bertz CT molecular complexity index is 424. The first-order chi connectivity index (χ1) is 7.94. The molecule has 0 aromatic heterocycles. The second-order valence-electron chi connectivity index (χ2n) is 4.63. The Hall–Kier alpha value is -1.76. The summed E-state index contributed by atoms with van der Waals surface area (Å²) in [7, 11) is 0. The molecule has 0 saturated carbocycles. The average molecular weight is 236 g/mol. The van der Waals surface area contributed by atoms with E-state index in [1.54, 1.807) is 0 Å². The van der Waals surface area contributed by atoms with E-state index in [2.05, 4.69) is 6.07 Å². The minimum atomic E-state index is -0.375. The maximum atomic E-state index is 12.8. The summed E-state index contributed by atoms with van der Waals surface area (Å²) in [6.07, 6.45) is 1.52. The number of hydrogen-bond donors (Lipinski definition) is 1. The van der Waals surface area contributed by atoms with E-state index in [1.165, 1.54) is 18.2 Å². The van der Waals surface area contributed by atoms with Gasteiger partial charge in [-0.25, -0.2) is 4.39 Å². The maximum absolute atomic E-state index is 12.8. The first kappa shape index (κ1) is 13.3.